The van der Waals surface area contributed by atoms with Gasteiger partial charge in [0.05, 0.1) is 12.2 Å². The smallest absolute Gasteiger partial charge is 0.304 e. The first-order valence-electron chi connectivity index (χ1n) is 5.00. The molecule has 0 aliphatic rings. The topological polar surface area (TPSA) is 83.5 Å². The van der Waals surface area contributed by atoms with Crippen LogP contribution in [0.5, 0.6) is 0 Å². The van der Waals surface area contributed by atoms with Crippen LogP contribution in [0, 0.1) is 5.92 Å². The molecule has 6 heteroatoms. The predicted octanol–water partition coefficient (Wildman–Crippen LogP) is 0.815. The normalized spacial score (nSPS) is 15.9. The van der Waals surface area contributed by atoms with E-state index in [9.17, 15) is 13.2 Å². The van der Waals surface area contributed by atoms with Crippen LogP contribution in [0.2, 0.25) is 0 Å². The summed E-state index contributed by atoms with van der Waals surface area (Å²) in [6, 6.07) is -0.159. The second-order valence-electron chi connectivity index (χ2n) is 3.75. The van der Waals surface area contributed by atoms with Gasteiger partial charge in [-0.05, 0) is 12.8 Å². The molecule has 0 aromatic carbocycles. The molecule has 0 fully saturated rings. The second kappa shape index (κ2) is 6.07. The molecule has 0 rings (SSSR count). The van der Waals surface area contributed by atoms with E-state index in [0.29, 0.717) is 0 Å². The quantitative estimate of drug-likeness (QED) is 0.686. The Balaban J connectivity index is 4.20. The van der Waals surface area contributed by atoms with Gasteiger partial charge < -0.3 is 5.11 Å². The minimum atomic E-state index is -3.46. The number of aliphatic carboxylic acids is 1. The van der Waals surface area contributed by atoms with E-state index in [2.05, 4.69) is 4.72 Å². The highest BCUT2D eigenvalue weighted by Crippen LogP contribution is 2.08. The lowest BCUT2D eigenvalue weighted by Crippen LogP contribution is -2.38. The first-order chi connectivity index (χ1) is 6.78. The van der Waals surface area contributed by atoms with Crippen molar-refractivity contribution in [1.29, 1.82) is 0 Å². The van der Waals surface area contributed by atoms with Crippen molar-refractivity contribution in [2.45, 2.75) is 39.7 Å². The van der Waals surface area contributed by atoms with Gasteiger partial charge in [0.15, 0.2) is 0 Å². The van der Waals surface area contributed by atoms with E-state index in [0.717, 1.165) is 6.42 Å². The number of rotatable bonds is 7. The Morgan fingerprint density at radius 1 is 1.40 bits per heavy atom. The maximum absolute atomic E-state index is 11.4. The van der Waals surface area contributed by atoms with E-state index >= 15 is 0 Å². The largest absolute Gasteiger partial charge is 0.481 e. The molecule has 0 saturated heterocycles. The number of hydrogen-bond donors (Lipinski definition) is 2. The van der Waals surface area contributed by atoms with Gasteiger partial charge in [-0.3, -0.25) is 4.79 Å². The number of carbonyl (C=O) groups is 1. The van der Waals surface area contributed by atoms with Gasteiger partial charge in [-0.1, -0.05) is 20.3 Å². The van der Waals surface area contributed by atoms with Crippen molar-refractivity contribution in [2.75, 3.05) is 5.75 Å². The summed E-state index contributed by atoms with van der Waals surface area (Å²) in [7, 11) is -3.46. The molecule has 0 radical (unpaired) electrons. The van der Waals surface area contributed by atoms with Gasteiger partial charge >= 0.3 is 5.97 Å². The van der Waals surface area contributed by atoms with E-state index in [1.54, 1.807) is 6.92 Å². The summed E-state index contributed by atoms with van der Waals surface area (Å²) in [5, 5.41) is 8.37. The first-order valence-corrected chi connectivity index (χ1v) is 6.65. The van der Waals surface area contributed by atoms with Crippen molar-refractivity contribution in [1.82, 2.24) is 4.72 Å². The molecule has 15 heavy (non-hydrogen) atoms. The maximum atomic E-state index is 11.4. The summed E-state index contributed by atoms with van der Waals surface area (Å²) in [5.74, 6) is -1.22. The monoisotopic (exact) mass is 237 g/mol. The molecule has 5 nitrogen and oxygen atoms in total. The third-order valence-corrected chi connectivity index (χ3v) is 3.92. The van der Waals surface area contributed by atoms with Gasteiger partial charge in [0.2, 0.25) is 10.0 Å². The summed E-state index contributed by atoms with van der Waals surface area (Å²) in [6.45, 7) is 5.71. The van der Waals surface area contributed by atoms with Gasteiger partial charge in [-0.15, -0.1) is 0 Å². The molecule has 0 saturated carbocycles. The minimum absolute atomic E-state index is 0.159. The van der Waals surface area contributed by atoms with Gasteiger partial charge in [-0.2, -0.15) is 0 Å². The zero-order valence-electron chi connectivity index (χ0n) is 9.36. The third-order valence-electron chi connectivity index (χ3n) is 2.45. The van der Waals surface area contributed by atoms with Crippen molar-refractivity contribution < 1.29 is 18.3 Å². The van der Waals surface area contributed by atoms with Crippen LogP contribution in [0.4, 0.5) is 0 Å². The molecular formula is C9H19NO4S. The Bertz CT molecular complexity index is 299. The molecule has 0 bridgehead atoms. The van der Waals surface area contributed by atoms with E-state index < -0.39 is 16.0 Å². The second-order valence-corrected chi connectivity index (χ2v) is 5.63. The Morgan fingerprint density at radius 2 is 1.93 bits per heavy atom. The van der Waals surface area contributed by atoms with Crippen molar-refractivity contribution in [3.05, 3.63) is 0 Å². The Labute approximate surface area is 90.9 Å². The van der Waals surface area contributed by atoms with Crippen LogP contribution in [0.1, 0.15) is 33.6 Å². The molecule has 2 N–H and O–H groups in total. The maximum Gasteiger partial charge on any atom is 0.304 e. The van der Waals surface area contributed by atoms with Crippen molar-refractivity contribution in [3.8, 4) is 0 Å². The molecular weight excluding hydrogens is 218 g/mol. The average Bonchev–Trinajstić information content (AvgIpc) is 2.13. The summed E-state index contributed by atoms with van der Waals surface area (Å²) < 4.78 is 25.3. The number of sulfonamides is 1. The van der Waals surface area contributed by atoms with E-state index in [4.69, 9.17) is 5.11 Å². The fourth-order valence-electron chi connectivity index (χ4n) is 1.03. The van der Waals surface area contributed by atoms with Crippen LogP contribution in [-0.4, -0.2) is 31.3 Å². The number of nitrogens with one attached hydrogen (secondary N) is 1. The molecule has 0 aromatic rings. The fourth-order valence-corrected chi connectivity index (χ4v) is 2.39. The molecule has 0 spiro atoms. The van der Waals surface area contributed by atoms with E-state index in [1.165, 1.54) is 0 Å². The van der Waals surface area contributed by atoms with Crippen LogP contribution in [0.15, 0.2) is 0 Å². The highest BCUT2D eigenvalue weighted by molar-refractivity contribution is 7.89. The van der Waals surface area contributed by atoms with E-state index in [-0.39, 0.29) is 24.1 Å². The van der Waals surface area contributed by atoms with Gasteiger partial charge in [0, 0.05) is 6.04 Å². The van der Waals surface area contributed by atoms with Crippen molar-refractivity contribution >= 4 is 16.0 Å². The molecule has 0 aliphatic carbocycles. The lowest BCUT2D eigenvalue weighted by molar-refractivity contribution is -0.136. The van der Waals surface area contributed by atoms with Crippen molar-refractivity contribution in [3.63, 3.8) is 0 Å². The zero-order valence-corrected chi connectivity index (χ0v) is 10.2. The lowest BCUT2D eigenvalue weighted by atomic mass is 10.0. The molecule has 0 aromatic heterocycles. The first kappa shape index (κ1) is 14.4. The SMILES string of the molecule is CCC(C)C(C)NS(=O)(=O)CCC(=O)O. The van der Waals surface area contributed by atoms with Crippen LogP contribution < -0.4 is 4.72 Å². The van der Waals surface area contributed by atoms with Gasteiger partial charge in [-0.25, -0.2) is 13.1 Å². The summed E-state index contributed by atoms with van der Waals surface area (Å²) >= 11 is 0. The Kier molecular flexibility index (Phi) is 5.82. The molecule has 0 amide bonds. The fraction of sp³-hybridized carbons (Fsp3) is 0.889. The van der Waals surface area contributed by atoms with Crippen LogP contribution >= 0.6 is 0 Å². The van der Waals surface area contributed by atoms with Crippen LogP contribution in [-0.2, 0) is 14.8 Å². The zero-order chi connectivity index (χ0) is 12.1. The summed E-state index contributed by atoms with van der Waals surface area (Å²) in [5.41, 5.74) is 0. The predicted molar refractivity (Wildman–Crippen MR) is 58.1 cm³/mol. The number of hydrogen-bond acceptors (Lipinski definition) is 3. The van der Waals surface area contributed by atoms with Gasteiger partial charge in [0.25, 0.3) is 0 Å². The highest BCUT2D eigenvalue weighted by Gasteiger charge is 2.18. The third kappa shape index (κ3) is 6.46. The summed E-state index contributed by atoms with van der Waals surface area (Å²) in [4.78, 5) is 10.2. The minimum Gasteiger partial charge on any atom is -0.481 e. The molecule has 2 unspecified atom stereocenters. The molecule has 0 heterocycles. The van der Waals surface area contributed by atoms with Gasteiger partial charge in [0.1, 0.15) is 0 Å². The molecule has 2 atom stereocenters. The standard InChI is InChI=1S/C9H19NO4S/c1-4-7(2)8(3)10-15(13,14)6-5-9(11)12/h7-8,10H,4-6H2,1-3H3,(H,11,12). The average molecular weight is 237 g/mol. The molecule has 0 aliphatic heterocycles. The summed E-state index contributed by atoms with van der Waals surface area (Å²) in [6.07, 6.45) is 0.519. The number of carboxylic acid groups (broad SMARTS) is 1. The lowest BCUT2D eigenvalue weighted by Gasteiger charge is -2.19. The Hall–Kier alpha value is -0.620. The molecule has 90 valence electrons. The van der Waals surface area contributed by atoms with Crippen LogP contribution in [0.25, 0.3) is 0 Å². The van der Waals surface area contributed by atoms with E-state index in [1.807, 2.05) is 13.8 Å². The Morgan fingerprint density at radius 3 is 2.33 bits per heavy atom. The van der Waals surface area contributed by atoms with Crippen molar-refractivity contribution in [2.24, 2.45) is 5.92 Å². The number of carboxylic acids is 1. The van der Waals surface area contributed by atoms with Crippen LogP contribution in [0.3, 0.4) is 0 Å². The highest BCUT2D eigenvalue weighted by atomic mass is 32.2.